The monoisotopic (exact) mass is 496 g/mol. The van der Waals surface area contributed by atoms with Crippen molar-refractivity contribution in [2.45, 2.75) is 77.1 Å². The average molecular weight is 497 g/mol. The predicted octanol–water partition coefficient (Wildman–Crippen LogP) is 3.86. The number of hydrogen-bond donors (Lipinski definition) is 1. The summed E-state index contributed by atoms with van der Waals surface area (Å²) >= 11 is 6.04. The largest absolute Gasteiger partial charge is 0.469 e. The average Bonchev–Trinajstić information content (AvgIpc) is 2.97. The Morgan fingerprint density at radius 3 is 2.35 bits per heavy atom. The highest BCUT2D eigenvalue weighted by Crippen LogP contribution is 2.37. The molecule has 34 heavy (non-hydrogen) atoms. The van der Waals surface area contributed by atoms with Gasteiger partial charge < -0.3 is 19.3 Å². The first-order valence-corrected chi connectivity index (χ1v) is 11.5. The molecular formula is C25H33ClO8. The third-order valence-corrected chi connectivity index (χ3v) is 5.26. The molecule has 3 atom stereocenters. The summed E-state index contributed by atoms with van der Waals surface area (Å²) in [5, 5.41) is 11.0. The maximum Gasteiger partial charge on any atom is 0.305 e. The van der Waals surface area contributed by atoms with Crippen molar-refractivity contribution in [2.24, 2.45) is 0 Å². The van der Waals surface area contributed by atoms with Crippen molar-refractivity contribution in [1.29, 1.82) is 0 Å². The number of Topliss-reactive ketones (excluding diaryl/α,β-unsaturated/α-hetero) is 1. The Balaban J connectivity index is 3.23. The van der Waals surface area contributed by atoms with E-state index < -0.39 is 41.5 Å². The molecule has 9 heteroatoms. The highest BCUT2D eigenvalue weighted by Gasteiger charge is 2.42. The molecule has 0 aromatic heterocycles. The zero-order valence-corrected chi connectivity index (χ0v) is 20.8. The number of aliphatic hydroxyl groups is 1. The molecule has 0 heterocycles. The van der Waals surface area contributed by atoms with Gasteiger partial charge in [0.05, 0.1) is 12.1 Å². The van der Waals surface area contributed by atoms with Gasteiger partial charge in [-0.2, -0.15) is 0 Å². The second-order valence-electron chi connectivity index (χ2n) is 7.81. The number of carbonyl (C=O) groups is 4. The smallest absolute Gasteiger partial charge is 0.305 e. The van der Waals surface area contributed by atoms with E-state index in [0.717, 1.165) is 6.42 Å². The van der Waals surface area contributed by atoms with E-state index in [1.807, 2.05) is 25.2 Å². The van der Waals surface area contributed by atoms with Gasteiger partial charge in [0.15, 0.2) is 6.10 Å². The van der Waals surface area contributed by atoms with Crippen molar-refractivity contribution in [3.8, 4) is 0 Å². The summed E-state index contributed by atoms with van der Waals surface area (Å²) < 4.78 is 15.3. The van der Waals surface area contributed by atoms with Gasteiger partial charge >= 0.3 is 17.9 Å². The van der Waals surface area contributed by atoms with E-state index in [2.05, 4.69) is 4.74 Å². The molecule has 3 unspecified atom stereocenters. The van der Waals surface area contributed by atoms with Crippen molar-refractivity contribution >= 4 is 35.3 Å². The Bertz CT molecular complexity index is 870. The Morgan fingerprint density at radius 1 is 1.12 bits per heavy atom. The quantitative estimate of drug-likeness (QED) is 0.177. The second kappa shape index (κ2) is 14.5. The first kappa shape index (κ1) is 29.3. The first-order valence-electron chi connectivity index (χ1n) is 11.1. The van der Waals surface area contributed by atoms with Crippen molar-refractivity contribution in [1.82, 2.24) is 0 Å². The van der Waals surface area contributed by atoms with Gasteiger partial charge in [-0.15, -0.1) is 0 Å². The molecule has 0 bridgehead atoms. The minimum atomic E-state index is -1.72. The van der Waals surface area contributed by atoms with Crippen molar-refractivity contribution in [2.75, 3.05) is 7.11 Å². The number of carbonyl (C=O) groups excluding carboxylic acids is 4. The second-order valence-corrected chi connectivity index (χ2v) is 8.21. The molecule has 1 rings (SSSR count). The van der Waals surface area contributed by atoms with Crippen LogP contribution in [0.3, 0.4) is 0 Å². The Hall–Kier alpha value is -2.71. The zero-order chi connectivity index (χ0) is 25.7. The van der Waals surface area contributed by atoms with E-state index in [4.69, 9.17) is 21.1 Å². The minimum absolute atomic E-state index is 0.0607. The lowest BCUT2D eigenvalue weighted by atomic mass is 9.90. The number of methoxy groups -OCH3 is 1. The van der Waals surface area contributed by atoms with Gasteiger partial charge in [-0.25, -0.2) is 0 Å². The number of ether oxygens (including phenoxy) is 3. The highest BCUT2D eigenvalue weighted by molar-refractivity contribution is 6.46. The molecule has 1 N–H and O–H groups in total. The number of halogens is 1. The van der Waals surface area contributed by atoms with Crippen molar-refractivity contribution in [3.05, 3.63) is 47.1 Å². The Morgan fingerprint density at radius 2 is 1.76 bits per heavy atom. The SMILES string of the molecule is CCC=CCC=CCC1(O)C=C(Cl)C(=O)C1=CC(OC(C)=O)C(CCCC(=O)OC)OC(C)=O. The first-order chi connectivity index (χ1) is 16.0. The van der Waals surface area contributed by atoms with Gasteiger partial charge in [0.25, 0.3) is 0 Å². The lowest BCUT2D eigenvalue weighted by Gasteiger charge is -2.27. The van der Waals surface area contributed by atoms with Crippen LogP contribution in [0.2, 0.25) is 0 Å². The van der Waals surface area contributed by atoms with Gasteiger partial charge in [0, 0.05) is 32.3 Å². The molecular weight excluding hydrogens is 464 g/mol. The van der Waals surface area contributed by atoms with Gasteiger partial charge in [0.1, 0.15) is 11.7 Å². The summed E-state index contributed by atoms with van der Waals surface area (Å²) in [6.45, 7) is 4.39. The highest BCUT2D eigenvalue weighted by atomic mass is 35.5. The summed E-state index contributed by atoms with van der Waals surface area (Å²) in [6.07, 6.45) is 10.0. The summed E-state index contributed by atoms with van der Waals surface area (Å²) in [5.74, 6) is -2.37. The molecule has 0 fully saturated rings. The van der Waals surface area contributed by atoms with E-state index in [0.29, 0.717) is 6.42 Å². The zero-order valence-electron chi connectivity index (χ0n) is 20.0. The van der Waals surface area contributed by atoms with E-state index in [1.54, 1.807) is 6.08 Å². The molecule has 8 nitrogen and oxygen atoms in total. The lowest BCUT2D eigenvalue weighted by molar-refractivity contribution is -0.162. The van der Waals surface area contributed by atoms with E-state index in [9.17, 15) is 24.3 Å². The van der Waals surface area contributed by atoms with Gasteiger partial charge in [-0.1, -0.05) is 42.8 Å². The Labute approximate surface area is 205 Å². The van der Waals surface area contributed by atoms with Crippen molar-refractivity contribution in [3.63, 3.8) is 0 Å². The summed E-state index contributed by atoms with van der Waals surface area (Å²) in [6, 6.07) is 0. The molecule has 0 radical (unpaired) electrons. The van der Waals surface area contributed by atoms with E-state index >= 15 is 0 Å². The van der Waals surface area contributed by atoms with E-state index in [-0.39, 0.29) is 36.3 Å². The fraction of sp³-hybridized carbons (Fsp3) is 0.520. The molecule has 1 aliphatic rings. The predicted molar refractivity (Wildman–Crippen MR) is 127 cm³/mol. The fourth-order valence-corrected chi connectivity index (χ4v) is 3.68. The Kier molecular flexibility index (Phi) is 12.5. The molecule has 0 saturated heterocycles. The van der Waals surface area contributed by atoms with Crippen LogP contribution in [0, 0.1) is 0 Å². The summed E-state index contributed by atoms with van der Waals surface area (Å²) in [7, 11) is 1.26. The van der Waals surface area contributed by atoms with Crippen LogP contribution in [0.15, 0.2) is 47.1 Å². The fourth-order valence-electron chi connectivity index (χ4n) is 3.39. The van der Waals surface area contributed by atoms with Crippen LogP contribution in [0.1, 0.15) is 59.3 Å². The van der Waals surface area contributed by atoms with E-state index in [1.165, 1.54) is 33.1 Å². The third-order valence-electron chi connectivity index (χ3n) is 4.98. The number of rotatable bonds is 13. The standard InChI is InChI=1S/C25H33ClO8/c1-5-6-7-8-9-10-14-25(31)16-20(26)24(30)19(25)15-22(34-18(3)28)21(33-17(2)27)12-11-13-23(29)32-4/h6-7,9-10,15-16,21-22,31H,5,8,11-14H2,1-4H3. The molecule has 0 spiro atoms. The maximum absolute atomic E-state index is 12.7. The number of hydrogen-bond acceptors (Lipinski definition) is 8. The number of esters is 3. The number of allylic oxidation sites excluding steroid dienone is 4. The van der Waals surface area contributed by atoms with Crippen LogP contribution in [0.25, 0.3) is 0 Å². The summed E-state index contributed by atoms with van der Waals surface area (Å²) in [5.41, 5.74) is -1.80. The normalized spacial score (nSPS) is 21.1. The molecule has 0 amide bonds. The molecule has 188 valence electrons. The maximum atomic E-state index is 12.7. The van der Waals surface area contributed by atoms with Crippen molar-refractivity contribution < 1.29 is 38.5 Å². The van der Waals surface area contributed by atoms with Crippen LogP contribution < -0.4 is 0 Å². The van der Waals surface area contributed by atoms with Crippen LogP contribution in [0.5, 0.6) is 0 Å². The number of ketones is 1. The van der Waals surface area contributed by atoms with Gasteiger partial charge in [-0.3, -0.25) is 19.2 Å². The molecule has 0 aromatic rings. The summed E-state index contributed by atoms with van der Waals surface area (Å²) in [4.78, 5) is 47.7. The van der Waals surface area contributed by atoms with Crippen LogP contribution in [-0.4, -0.2) is 53.7 Å². The molecule has 0 aromatic carbocycles. The van der Waals surface area contributed by atoms with Crippen LogP contribution in [0.4, 0.5) is 0 Å². The van der Waals surface area contributed by atoms with Gasteiger partial charge in [-0.05, 0) is 37.8 Å². The van der Waals surface area contributed by atoms with Crippen LogP contribution in [-0.2, 0) is 33.4 Å². The molecule has 0 saturated carbocycles. The van der Waals surface area contributed by atoms with Gasteiger partial charge in [0.2, 0.25) is 5.78 Å². The lowest BCUT2D eigenvalue weighted by Crippen LogP contribution is -2.36. The topological polar surface area (TPSA) is 116 Å². The molecule has 0 aliphatic heterocycles. The third kappa shape index (κ3) is 9.65. The minimum Gasteiger partial charge on any atom is -0.469 e. The van der Waals surface area contributed by atoms with Crippen LogP contribution >= 0.6 is 11.6 Å². The molecule has 1 aliphatic carbocycles.